The molecule has 1 fully saturated rings. The van der Waals surface area contributed by atoms with Crippen LogP contribution in [-0.2, 0) is 5.67 Å². The van der Waals surface area contributed by atoms with Crippen LogP contribution >= 0.6 is 11.2 Å². The van der Waals surface area contributed by atoms with Crippen LogP contribution in [0.1, 0.15) is 57.4 Å². The van der Waals surface area contributed by atoms with E-state index in [9.17, 15) is 16.0 Å². The molecule has 1 aromatic carbocycles. The number of benzene rings is 1. The van der Waals surface area contributed by atoms with Crippen LogP contribution in [0, 0.1) is 5.92 Å². The van der Waals surface area contributed by atoms with Gasteiger partial charge in [0.25, 0.3) is 0 Å². The first-order valence-corrected chi connectivity index (χ1v) is 9.46. The molecule has 0 N–H and O–H groups in total. The molecule has 1 aliphatic rings. The summed E-state index contributed by atoms with van der Waals surface area (Å²) in [5.74, 6) is 0.180. The average Bonchev–Trinajstić information content (AvgIpc) is 2.50. The normalized spacial score (nSPS) is 29.5. The first kappa shape index (κ1) is 18.6. The molecule has 3 atom stereocenters. The summed E-state index contributed by atoms with van der Waals surface area (Å²) in [6, 6.07) is 3.93. The van der Waals surface area contributed by atoms with Crippen LogP contribution in [0.2, 0.25) is 0 Å². The molecule has 1 aromatic rings. The molecule has 0 aromatic heterocycles. The molecular weight excluding hydrogens is 331 g/mol. The molecule has 1 aliphatic carbocycles. The highest BCUT2D eigenvalue weighted by atomic mass is 32.3. The monoisotopic (exact) mass is 354 g/mol. The second-order valence-electron chi connectivity index (χ2n) is 6.40. The van der Waals surface area contributed by atoms with Crippen molar-refractivity contribution in [3.05, 3.63) is 29.8 Å². The van der Waals surface area contributed by atoms with Gasteiger partial charge in [-0.3, -0.25) is 0 Å². The lowest BCUT2D eigenvalue weighted by Gasteiger charge is -2.37. The average molecular weight is 354 g/mol. The highest BCUT2D eigenvalue weighted by Crippen LogP contribution is 2.60. The summed E-state index contributed by atoms with van der Waals surface area (Å²) >= 11 is -5.32. The van der Waals surface area contributed by atoms with Crippen LogP contribution in [-0.4, -0.2) is 6.17 Å². The van der Waals surface area contributed by atoms with E-state index in [1.807, 2.05) is 0 Å². The van der Waals surface area contributed by atoms with Gasteiger partial charge in [0.05, 0.1) is 4.90 Å². The number of alkyl halides is 2. The summed E-state index contributed by atoms with van der Waals surface area (Å²) in [4.78, 5) is -0.756. The van der Waals surface area contributed by atoms with Crippen molar-refractivity contribution in [2.45, 2.75) is 68.6 Å². The second kappa shape index (κ2) is 7.41. The van der Waals surface area contributed by atoms with Crippen molar-refractivity contribution in [3.63, 3.8) is 0 Å². The Kier molecular flexibility index (Phi) is 5.98. The van der Waals surface area contributed by atoms with Gasteiger partial charge in [-0.25, -0.2) is 8.78 Å². The van der Waals surface area contributed by atoms with Gasteiger partial charge in [0.2, 0.25) is 11.2 Å². The van der Waals surface area contributed by atoms with Crippen LogP contribution in [0.25, 0.3) is 0 Å². The third kappa shape index (κ3) is 4.40. The molecule has 23 heavy (non-hydrogen) atoms. The van der Waals surface area contributed by atoms with Crippen molar-refractivity contribution in [2.24, 2.45) is 5.92 Å². The molecular formula is C17H23F5S. The zero-order valence-corrected chi connectivity index (χ0v) is 14.0. The van der Waals surface area contributed by atoms with E-state index < -0.39 is 27.9 Å². The summed E-state index contributed by atoms with van der Waals surface area (Å²) in [5.41, 5.74) is -2.12. The van der Waals surface area contributed by atoms with Gasteiger partial charge >= 0.3 is 0 Å². The quantitative estimate of drug-likeness (QED) is 0.369. The fourth-order valence-corrected chi connectivity index (χ4v) is 3.77. The molecule has 1 saturated carbocycles. The van der Waals surface area contributed by atoms with E-state index in [2.05, 4.69) is 6.92 Å². The van der Waals surface area contributed by atoms with Gasteiger partial charge in [-0.05, 0) is 42.9 Å². The zero-order valence-electron chi connectivity index (χ0n) is 13.2. The highest BCUT2D eigenvalue weighted by Gasteiger charge is 2.46. The minimum absolute atomic E-state index is 0.0319. The van der Waals surface area contributed by atoms with Crippen molar-refractivity contribution >= 4 is 11.2 Å². The van der Waals surface area contributed by atoms with Crippen molar-refractivity contribution in [1.29, 1.82) is 0 Å². The number of hydrogen-bond donors (Lipinski definition) is 0. The Labute approximate surface area is 136 Å². The van der Waals surface area contributed by atoms with Crippen molar-refractivity contribution in [2.75, 3.05) is 0 Å². The molecule has 2 rings (SSSR count). The molecule has 0 spiro atoms. The van der Waals surface area contributed by atoms with E-state index in [4.69, 9.17) is 0 Å². The van der Waals surface area contributed by atoms with Crippen LogP contribution in [0.4, 0.5) is 20.4 Å². The Hall–Kier alpha value is -0.780. The molecule has 0 heterocycles. The van der Waals surface area contributed by atoms with E-state index in [1.165, 1.54) is 0 Å². The Balaban J connectivity index is 2.05. The Bertz CT molecular complexity index is 499. The number of rotatable bonds is 6. The SMILES string of the molecule is CCCCCC1CCC(F)(c2ccc(S(F)(F)F)cc2)C(F)C1. The maximum Gasteiger partial charge on any atom is 0.237 e. The van der Waals surface area contributed by atoms with Crippen LogP contribution < -0.4 is 0 Å². The van der Waals surface area contributed by atoms with E-state index in [0.29, 0.717) is 6.42 Å². The number of unbranched alkanes of at least 4 members (excludes halogenated alkanes) is 2. The Morgan fingerprint density at radius 2 is 1.78 bits per heavy atom. The summed E-state index contributed by atoms with van der Waals surface area (Å²) in [5, 5.41) is 0. The minimum Gasteiger partial charge on any atom is -0.244 e. The van der Waals surface area contributed by atoms with Gasteiger partial charge in [-0.2, -0.15) is 0 Å². The van der Waals surface area contributed by atoms with Crippen molar-refractivity contribution < 1.29 is 20.4 Å². The lowest BCUT2D eigenvalue weighted by Crippen LogP contribution is -2.38. The lowest BCUT2D eigenvalue weighted by atomic mass is 9.73. The molecule has 0 nitrogen and oxygen atoms in total. The summed E-state index contributed by atoms with van der Waals surface area (Å²) in [6.07, 6.45) is 3.26. The van der Waals surface area contributed by atoms with E-state index in [-0.39, 0.29) is 24.3 Å². The molecule has 0 bridgehead atoms. The van der Waals surface area contributed by atoms with Crippen LogP contribution in [0.5, 0.6) is 0 Å². The first-order valence-electron chi connectivity index (χ1n) is 8.13. The minimum atomic E-state index is -5.32. The van der Waals surface area contributed by atoms with E-state index in [1.54, 1.807) is 0 Å². The predicted octanol–water partition coefficient (Wildman–Crippen LogP) is 7.39. The van der Waals surface area contributed by atoms with Crippen LogP contribution in [0.15, 0.2) is 29.2 Å². The topological polar surface area (TPSA) is 0 Å². The van der Waals surface area contributed by atoms with E-state index >= 15 is 4.39 Å². The number of halogens is 5. The fourth-order valence-electron chi connectivity index (χ4n) is 3.32. The molecule has 0 radical (unpaired) electrons. The standard InChI is InChI=1S/C17H23F5S/c1-2-3-4-5-13-10-11-17(19,16(18)12-13)14-6-8-15(9-7-14)23(20,21)22/h6-9,13,16H,2-5,10-12H2,1H3. The highest BCUT2D eigenvalue weighted by molar-refractivity contribution is 8.20. The number of hydrogen-bond acceptors (Lipinski definition) is 0. The van der Waals surface area contributed by atoms with Crippen LogP contribution in [0.3, 0.4) is 0 Å². The largest absolute Gasteiger partial charge is 0.244 e. The summed E-state index contributed by atoms with van der Waals surface area (Å²) in [6.45, 7) is 2.09. The second-order valence-corrected chi connectivity index (χ2v) is 7.68. The zero-order chi connectivity index (χ0) is 17.1. The van der Waals surface area contributed by atoms with Gasteiger partial charge < -0.3 is 0 Å². The summed E-state index contributed by atoms with van der Waals surface area (Å²) < 4.78 is 67.4. The molecule has 0 aliphatic heterocycles. The molecule has 3 unspecified atom stereocenters. The Morgan fingerprint density at radius 3 is 2.30 bits per heavy atom. The fraction of sp³-hybridized carbons (Fsp3) is 0.647. The molecule has 0 saturated heterocycles. The third-order valence-corrected chi connectivity index (χ3v) is 5.58. The lowest BCUT2D eigenvalue weighted by molar-refractivity contribution is -0.0128. The molecule has 132 valence electrons. The van der Waals surface area contributed by atoms with Gasteiger partial charge in [-0.15, -0.1) is 11.7 Å². The Morgan fingerprint density at radius 1 is 1.13 bits per heavy atom. The summed E-state index contributed by atoms with van der Waals surface area (Å²) in [7, 11) is 0. The van der Waals surface area contributed by atoms with Gasteiger partial charge in [0.1, 0.15) is 6.17 Å². The first-order chi connectivity index (χ1) is 10.8. The van der Waals surface area contributed by atoms with E-state index in [0.717, 1.165) is 49.9 Å². The van der Waals surface area contributed by atoms with Gasteiger partial charge in [0.15, 0.2) is 5.67 Å². The van der Waals surface area contributed by atoms with Gasteiger partial charge in [-0.1, -0.05) is 44.7 Å². The third-order valence-electron chi connectivity index (χ3n) is 4.77. The van der Waals surface area contributed by atoms with Crippen molar-refractivity contribution in [3.8, 4) is 0 Å². The van der Waals surface area contributed by atoms with Gasteiger partial charge in [0, 0.05) is 0 Å². The predicted molar refractivity (Wildman–Crippen MR) is 84.8 cm³/mol. The smallest absolute Gasteiger partial charge is 0.237 e. The maximum absolute atomic E-state index is 15.0. The molecule has 6 heteroatoms. The maximum atomic E-state index is 15.0. The van der Waals surface area contributed by atoms with Crippen molar-refractivity contribution in [1.82, 2.24) is 0 Å². The molecule has 0 amide bonds.